The van der Waals surface area contributed by atoms with Gasteiger partial charge in [-0.3, -0.25) is 4.98 Å². The number of alkyl halides is 1. The Hall–Kier alpha value is -1.61. The third kappa shape index (κ3) is 2.31. The van der Waals surface area contributed by atoms with Crippen molar-refractivity contribution >= 4 is 11.6 Å². The lowest BCUT2D eigenvalue weighted by atomic mass is 10.3. The zero-order valence-electron chi connectivity index (χ0n) is 8.36. The van der Waals surface area contributed by atoms with Crippen LogP contribution in [0.3, 0.4) is 0 Å². The van der Waals surface area contributed by atoms with E-state index in [0.717, 1.165) is 5.56 Å². The molecular formula is C12H9ClFNO. The van der Waals surface area contributed by atoms with Crippen LogP contribution in [-0.2, 0) is 5.88 Å². The Morgan fingerprint density at radius 1 is 1.19 bits per heavy atom. The molecule has 0 bridgehead atoms. The summed E-state index contributed by atoms with van der Waals surface area (Å²) in [6, 6.07) is 7.94. The molecule has 0 unspecified atom stereocenters. The number of benzene rings is 1. The van der Waals surface area contributed by atoms with E-state index in [-0.39, 0.29) is 5.75 Å². The number of hydrogen-bond donors (Lipinski definition) is 0. The Balaban J connectivity index is 2.30. The van der Waals surface area contributed by atoms with Gasteiger partial charge in [-0.15, -0.1) is 11.6 Å². The van der Waals surface area contributed by atoms with Crippen LogP contribution in [0.5, 0.6) is 11.5 Å². The fourth-order valence-corrected chi connectivity index (χ4v) is 1.48. The van der Waals surface area contributed by atoms with Gasteiger partial charge in [-0.25, -0.2) is 4.39 Å². The second kappa shape index (κ2) is 4.94. The molecule has 2 rings (SSSR count). The normalized spacial score (nSPS) is 10.1. The molecule has 0 aliphatic heterocycles. The van der Waals surface area contributed by atoms with Crippen molar-refractivity contribution in [2.75, 3.05) is 0 Å². The highest BCUT2D eigenvalue weighted by Gasteiger charge is 2.07. The number of pyridine rings is 1. The van der Waals surface area contributed by atoms with E-state index < -0.39 is 5.82 Å². The van der Waals surface area contributed by atoms with E-state index in [1.807, 2.05) is 0 Å². The topological polar surface area (TPSA) is 22.1 Å². The first-order valence-corrected chi connectivity index (χ1v) is 5.26. The first-order valence-electron chi connectivity index (χ1n) is 4.72. The predicted octanol–water partition coefficient (Wildman–Crippen LogP) is 3.75. The van der Waals surface area contributed by atoms with E-state index in [0.29, 0.717) is 11.6 Å². The molecule has 0 saturated heterocycles. The van der Waals surface area contributed by atoms with Gasteiger partial charge in [-0.1, -0.05) is 12.1 Å². The van der Waals surface area contributed by atoms with Crippen molar-refractivity contribution < 1.29 is 9.13 Å². The number of halogens is 2. The lowest BCUT2D eigenvalue weighted by Crippen LogP contribution is -1.92. The molecule has 82 valence electrons. The molecular weight excluding hydrogens is 229 g/mol. The Bertz CT molecular complexity index is 490. The summed E-state index contributed by atoms with van der Waals surface area (Å²) in [4.78, 5) is 3.91. The molecule has 2 nitrogen and oxygen atoms in total. The fraction of sp³-hybridized carbons (Fsp3) is 0.0833. The summed E-state index contributed by atoms with van der Waals surface area (Å²) >= 11 is 5.74. The minimum atomic E-state index is -0.410. The number of aromatic nitrogens is 1. The van der Waals surface area contributed by atoms with Crippen LogP contribution in [0, 0.1) is 5.82 Å². The summed E-state index contributed by atoms with van der Waals surface area (Å²) in [7, 11) is 0. The number of hydrogen-bond acceptors (Lipinski definition) is 2. The fourth-order valence-electron chi connectivity index (χ4n) is 1.26. The molecule has 0 fully saturated rings. The third-order valence-electron chi connectivity index (χ3n) is 2.07. The van der Waals surface area contributed by atoms with E-state index in [1.165, 1.54) is 12.3 Å². The summed E-state index contributed by atoms with van der Waals surface area (Å²) in [6.07, 6.45) is 3.13. The summed E-state index contributed by atoms with van der Waals surface area (Å²) in [5.41, 5.74) is 0.778. The zero-order chi connectivity index (χ0) is 11.4. The molecule has 0 amide bonds. The highest BCUT2D eigenvalue weighted by atomic mass is 35.5. The van der Waals surface area contributed by atoms with Crippen LogP contribution in [0.1, 0.15) is 5.56 Å². The maximum atomic E-state index is 13.3. The molecule has 16 heavy (non-hydrogen) atoms. The third-order valence-corrected chi connectivity index (χ3v) is 2.36. The van der Waals surface area contributed by atoms with E-state index in [9.17, 15) is 4.39 Å². The molecule has 1 aromatic carbocycles. The van der Waals surface area contributed by atoms with Crippen molar-refractivity contribution in [1.29, 1.82) is 0 Å². The van der Waals surface area contributed by atoms with Gasteiger partial charge in [0.2, 0.25) is 0 Å². The second-order valence-corrected chi connectivity index (χ2v) is 3.42. The van der Waals surface area contributed by atoms with Gasteiger partial charge in [0.15, 0.2) is 11.6 Å². The van der Waals surface area contributed by atoms with Crippen LogP contribution in [0.15, 0.2) is 42.7 Å². The average Bonchev–Trinajstić information content (AvgIpc) is 2.33. The molecule has 0 spiro atoms. The van der Waals surface area contributed by atoms with Crippen LogP contribution in [0.2, 0.25) is 0 Å². The largest absolute Gasteiger partial charge is 0.452 e. The van der Waals surface area contributed by atoms with Gasteiger partial charge in [0.1, 0.15) is 5.75 Å². The summed E-state index contributed by atoms with van der Waals surface area (Å²) in [6.45, 7) is 0. The lowest BCUT2D eigenvalue weighted by molar-refractivity contribution is 0.437. The summed E-state index contributed by atoms with van der Waals surface area (Å²) in [5, 5.41) is 0. The Labute approximate surface area is 97.7 Å². The molecule has 0 aliphatic rings. The number of para-hydroxylation sites is 1. The molecule has 2 aromatic rings. The zero-order valence-corrected chi connectivity index (χ0v) is 9.12. The molecule has 1 heterocycles. The summed E-state index contributed by atoms with van der Waals surface area (Å²) in [5.74, 6) is 0.531. The van der Waals surface area contributed by atoms with E-state index in [2.05, 4.69) is 4.98 Å². The smallest absolute Gasteiger partial charge is 0.165 e. The van der Waals surface area contributed by atoms with Gasteiger partial charge >= 0.3 is 0 Å². The van der Waals surface area contributed by atoms with Crippen LogP contribution >= 0.6 is 11.6 Å². The van der Waals surface area contributed by atoms with Gasteiger partial charge in [-0.05, 0) is 18.2 Å². The van der Waals surface area contributed by atoms with Gasteiger partial charge in [0.25, 0.3) is 0 Å². The van der Waals surface area contributed by atoms with Crippen molar-refractivity contribution in [3.63, 3.8) is 0 Å². The van der Waals surface area contributed by atoms with Crippen LogP contribution in [0.4, 0.5) is 4.39 Å². The molecule has 0 saturated carbocycles. The van der Waals surface area contributed by atoms with Crippen molar-refractivity contribution in [3.8, 4) is 11.5 Å². The van der Waals surface area contributed by atoms with E-state index in [1.54, 1.807) is 30.5 Å². The number of nitrogens with zero attached hydrogens (tertiary/aromatic N) is 1. The molecule has 0 aliphatic carbocycles. The molecule has 0 radical (unpaired) electrons. The van der Waals surface area contributed by atoms with Crippen molar-refractivity contribution in [3.05, 3.63) is 54.1 Å². The minimum Gasteiger partial charge on any atom is -0.452 e. The van der Waals surface area contributed by atoms with Crippen molar-refractivity contribution in [1.82, 2.24) is 4.98 Å². The van der Waals surface area contributed by atoms with Gasteiger partial charge in [0, 0.05) is 11.8 Å². The standard InChI is InChI=1S/C12H9ClFNO/c13-7-9-5-6-15-8-12(9)16-11-4-2-1-3-10(11)14/h1-6,8H,7H2. The summed E-state index contributed by atoms with van der Waals surface area (Å²) < 4.78 is 18.7. The monoisotopic (exact) mass is 237 g/mol. The lowest BCUT2D eigenvalue weighted by Gasteiger charge is -2.08. The number of ether oxygens (including phenoxy) is 1. The Kier molecular flexibility index (Phi) is 3.37. The average molecular weight is 238 g/mol. The predicted molar refractivity (Wildman–Crippen MR) is 60.3 cm³/mol. The molecule has 0 atom stereocenters. The van der Waals surface area contributed by atoms with Crippen molar-refractivity contribution in [2.45, 2.75) is 5.88 Å². The van der Waals surface area contributed by atoms with Crippen LogP contribution in [0.25, 0.3) is 0 Å². The minimum absolute atomic E-state index is 0.168. The highest BCUT2D eigenvalue weighted by molar-refractivity contribution is 6.17. The van der Waals surface area contributed by atoms with Crippen molar-refractivity contribution in [2.24, 2.45) is 0 Å². The highest BCUT2D eigenvalue weighted by Crippen LogP contribution is 2.27. The van der Waals surface area contributed by atoms with Crippen LogP contribution < -0.4 is 4.74 Å². The molecule has 1 aromatic heterocycles. The van der Waals surface area contributed by atoms with Gasteiger partial charge < -0.3 is 4.74 Å². The molecule has 0 N–H and O–H groups in total. The molecule has 4 heteroatoms. The second-order valence-electron chi connectivity index (χ2n) is 3.15. The van der Waals surface area contributed by atoms with Gasteiger partial charge in [-0.2, -0.15) is 0 Å². The van der Waals surface area contributed by atoms with Gasteiger partial charge in [0.05, 0.1) is 12.1 Å². The maximum Gasteiger partial charge on any atom is 0.165 e. The maximum absolute atomic E-state index is 13.3. The first kappa shape index (κ1) is 10.9. The Morgan fingerprint density at radius 3 is 2.75 bits per heavy atom. The quantitative estimate of drug-likeness (QED) is 0.759. The van der Waals surface area contributed by atoms with E-state index >= 15 is 0 Å². The SMILES string of the molecule is Fc1ccccc1Oc1cnccc1CCl. The Morgan fingerprint density at radius 2 is 2.00 bits per heavy atom. The van der Waals surface area contributed by atoms with Crippen LogP contribution in [-0.4, -0.2) is 4.98 Å². The number of rotatable bonds is 3. The van der Waals surface area contributed by atoms with E-state index in [4.69, 9.17) is 16.3 Å². The first-order chi connectivity index (χ1) is 7.81.